The Bertz CT molecular complexity index is 1280. The number of hydrogen-bond acceptors (Lipinski definition) is 5. The predicted molar refractivity (Wildman–Crippen MR) is 141 cm³/mol. The number of carbonyl (C=O) groups excluding carboxylic acids is 5. The van der Waals surface area contributed by atoms with E-state index in [9.17, 15) is 41.5 Å². The van der Waals surface area contributed by atoms with Gasteiger partial charge in [0.2, 0.25) is 11.8 Å². The highest BCUT2D eigenvalue weighted by atomic mass is 19.4. The molecule has 3 saturated heterocycles. The molecule has 14 heteroatoms. The lowest BCUT2D eigenvalue weighted by atomic mass is 9.87. The fraction of sp³-hybridized carbons (Fsp3) is 0.607. The Morgan fingerprint density at radius 2 is 1.74 bits per heavy atom. The smallest absolute Gasteiger partial charge is 0.342 e. The number of nitrogens with one attached hydrogen (secondary N) is 1. The zero-order chi connectivity index (χ0) is 31.1. The number of carbonyl (C=O) groups is 5. The van der Waals surface area contributed by atoms with E-state index in [1.54, 1.807) is 23.6 Å². The van der Waals surface area contributed by atoms with Crippen molar-refractivity contribution in [3.05, 3.63) is 35.1 Å². The quantitative estimate of drug-likeness (QED) is 0.401. The van der Waals surface area contributed by atoms with Gasteiger partial charge in [0.05, 0.1) is 11.1 Å². The molecule has 3 aliphatic heterocycles. The van der Waals surface area contributed by atoms with Crippen LogP contribution in [0.4, 0.5) is 22.4 Å². The van der Waals surface area contributed by atoms with Crippen LogP contribution in [0.5, 0.6) is 0 Å². The normalized spacial score (nSPS) is 22.5. The number of benzene rings is 1. The van der Waals surface area contributed by atoms with Gasteiger partial charge in [-0.15, -0.1) is 0 Å². The number of nitrogens with zero attached hydrogens (tertiary/aromatic N) is 4. The van der Waals surface area contributed by atoms with Gasteiger partial charge in [-0.1, -0.05) is 13.8 Å². The van der Waals surface area contributed by atoms with Gasteiger partial charge < -0.3 is 20.0 Å². The summed E-state index contributed by atoms with van der Waals surface area (Å²) in [6, 6.07) is -0.107. The minimum Gasteiger partial charge on any atom is -0.342 e. The van der Waals surface area contributed by atoms with Crippen LogP contribution in [0.2, 0.25) is 0 Å². The van der Waals surface area contributed by atoms with Crippen molar-refractivity contribution in [2.75, 3.05) is 39.8 Å². The van der Waals surface area contributed by atoms with Gasteiger partial charge in [0.1, 0.15) is 17.4 Å². The molecule has 3 fully saturated rings. The van der Waals surface area contributed by atoms with Crippen LogP contribution in [0.15, 0.2) is 18.2 Å². The van der Waals surface area contributed by atoms with Crippen molar-refractivity contribution < 1.29 is 41.5 Å². The molecular weight excluding hydrogens is 562 g/mol. The minimum absolute atomic E-state index is 0.0202. The number of likely N-dealkylation sites (tertiary alicyclic amines) is 2. The van der Waals surface area contributed by atoms with Gasteiger partial charge in [0.15, 0.2) is 0 Å². The molecule has 230 valence electrons. The third kappa shape index (κ3) is 5.80. The van der Waals surface area contributed by atoms with Crippen molar-refractivity contribution in [3.63, 3.8) is 0 Å². The number of alkyl halides is 3. The molecule has 2 unspecified atom stereocenters. The number of likely N-dealkylation sites (N-methyl/N-ethyl adjacent to an activating group) is 1. The maximum atomic E-state index is 14.3. The monoisotopic (exact) mass is 597 g/mol. The molecule has 10 nitrogen and oxygen atoms in total. The first-order valence-corrected chi connectivity index (χ1v) is 13.9. The van der Waals surface area contributed by atoms with Crippen LogP contribution in [-0.2, 0) is 20.6 Å². The Morgan fingerprint density at radius 3 is 2.33 bits per heavy atom. The van der Waals surface area contributed by atoms with E-state index in [4.69, 9.17) is 0 Å². The first kappa shape index (κ1) is 31.2. The molecule has 0 aliphatic carbocycles. The number of halogens is 4. The molecule has 3 heterocycles. The van der Waals surface area contributed by atoms with Crippen LogP contribution in [0.3, 0.4) is 0 Å². The topological polar surface area (TPSA) is 110 Å². The summed E-state index contributed by atoms with van der Waals surface area (Å²) in [6.07, 6.45) is -3.95. The van der Waals surface area contributed by atoms with E-state index in [2.05, 4.69) is 5.32 Å². The molecule has 6 amide bonds. The summed E-state index contributed by atoms with van der Waals surface area (Å²) in [7, 11) is 1.42. The van der Waals surface area contributed by atoms with Gasteiger partial charge in [-0.2, -0.15) is 13.2 Å². The first-order valence-electron chi connectivity index (χ1n) is 13.9. The number of rotatable bonds is 6. The van der Waals surface area contributed by atoms with Crippen LogP contribution in [-0.4, -0.2) is 101 Å². The maximum Gasteiger partial charge on any atom is 0.416 e. The Hall–Kier alpha value is -3.71. The fourth-order valence-corrected chi connectivity index (χ4v) is 5.96. The highest BCUT2D eigenvalue weighted by Gasteiger charge is 2.57. The number of imide groups is 1. The van der Waals surface area contributed by atoms with Crippen LogP contribution >= 0.6 is 0 Å². The van der Waals surface area contributed by atoms with Crippen molar-refractivity contribution in [1.29, 1.82) is 0 Å². The molecule has 0 aromatic heterocycles. The summed E-state index contributed by atoms with van der Waals surface area (Å²) in [5, 5.41) is 2.41. The highest BCUT2D eigenvalue weighted by Crippen LogP contribution is 2.38. The molecule has 2 atom stereocenters. The third-order valence-corrected chi connectivity index (χ3v) is 8.46. The lowest BCUT2D eigenvalue weighted by molar-refractivity contribution is -0.138. The van der Waals surface area contributed by atoms with Crippen molar-refractivity contribution in [3.8, 4) is 0 Å². The number of urea groups is 1. The molecule has 42 heavy (non-hydrogen) atoms. The van der Waals surface area contributed by atoms with E-state index < -0.39 is 58.5 Å². The van der Waals surface area contributed by atoms with Gasteiger partial charge in [-0.25, -0.2) is 9.18 Å². The molecule has 0 saturated carbocycles. The molecule has 3 aliphatic rings. The number of amides is 6. The van der Waals surface area contributed by atoms with Crippen molar-refractivity contribution in [2.45, 2.75) is 57.8 Å². The Morgan fingerprint density at radius 1 is 1.07 bits per heavy atom. The molecule has 1 N–H and O–H groups in total. The van der Waals surface area contributed by atoms with Crippen molar-refractivity contribution in [2.24, 2.45) is 11.8 Å². The largest absolute Gasteiger partial charge is 0.416 e. The average molecular weight is 598 g/mol. The minimum atomic E-state index is -4.79. The van der Waals surface area contributed by atoms with Gasteiger partial charge >= 0.3 is 12.2 Å². The summed E-state index contributed by atoms with van der Waals surface area (Å²) >= 11 is 0. The zero-order valence-corrected chi connectivity index (χ0v) is 24.0. The molecular formula is C28H35F4N5O5. The van der Waals surface area contributed by atoms with Crippen LogP contribution in [0.1, 0.15) is 56.0 Å². The molecule has 1 spiro atoms. The van der Waals surface area contributed by atoms with Gasteiger partial charge in [-0.3, -0.25) is 24.1 Å². The second-order valence-electron chi connectivity index (χ2n) is 11.6. The van der Waals surface area contributed by atoms with E-state index in [1.165, 1.54) is 18.9 Å². The molecule has 0 bridgehead atoms. The summed E-state index contributed by atoms with van der Waals surface area (Å²) in [5.41, 5.74) is -3.18. The van der Waals surface area contributed by atoms with E-state index in [0.29, 0.717) is 50.7 Å². The highest BCUT2D eigenvalue weighted by molar-refractivity contribution is 6.07. The Kier molecular flexibility index (Phi) is 8.57. The average Bonchev–Trinajstić information content (AvgIpc) is 3.03. The zero-order valence-electron chi connectivity index (χ0n) is 24.0. The number of hydrogen-bond donors (Lipinski definition) is 1. The SMILES string of the molecule is CC(=O)N1CC(CN2C(=O)N(C)C(=O)C23CCCN(C(=O)C(NC(=O)c2cc(C(F)(F)F)ccc2F)C(C)C)CC3)C1. The second-order valence-corrected chi connectivity index (χ2v) is 11.6. The molecule has 1 aromatic rings. The van der Waals surface area contributed by atoms with E-state index in [1.807, 2.05) is 0 Å². The van der Waals surface area contributed by atoms with Crippen molar-refractivity contribution >= 4 is 29.7 Å². The van der Waals surface area contributed by atoms with Crippen LogP contribution in [0, 0.1) is 17.7 Å². The third-order valence-electron chi connectivity index (χ3n) is 8.46. The van der Waals surface area contributed by atoms with Gasteiger partial charge in [0.25, 0.3) is 11.8 Å². The fourth-order valence-electron chi connectivity index (χ4n) is 5.96. The summed E-state index contributed by atoms with van der Waals surface area (Å²) in [6.45, 7) is 6.32. The summed E-state index contributed by atoms with van der Waals surface area (Å²) in [5.74, 6) is -3.72. The summed E-state index contributed by atoms with van der Waals surface area (Å²) < 4.78 is 53.8. The van der Waals surface area contributed by atoms with Crippen LogP contribution < -0.4 is 5.32 Å². The predicted octanol–water partition coefficient (Wildman–Crippen LogP) is 2.72. The lowest BCUT2D eigenvalue weighted by Crippen LogP contribution is -2.58. The van der Waals surface area contributed by atoms with Gasteiger partial charge in [0, 0.05) is 52.6 Å². The van der Waals surface area contributed by atoms with E-state index >= 15 is 0 Å². The Labute approximate surface area is 241 Å². The second kappa shape index (κ2) is 11.5. The molecule has 4 rings (SSSR count). The lowest BCUT2D eigenvalue weighted by Gasteiger charge is -2.43. The van der Waals surface area contributed by atoms with E-state index in [0.717, 1.165) is 4.90 Å². The maximum absolute atomic E-state index is 14.3. The van der Waals surface area contributed by atoms with Crippen molar-refractivity contribution in [1.82, 2.24) is 24.9 Å². The Balaban J connectivity index is 1.49. The van der Waals surface area contributed by atoms with E-state index in [-0.39, 0.29) is 37.2 Å². The first-order chi connectivity index (χ1) is 19.6. The molecule has 1 aromatic carbocycles. The standard InChI is InChI=1S/C28H35F4N5O5/c1-16(2)22(33-23(39)20-12-19(28(30,31)32)6-7-21(20)29)24(40)35-10-5-8-27(9-11-35)25(41)34(4)26(42)37(27)15-18-13-36(14-18)17(3)38/h6-7,12,16,18,22H,5,8-11,13-15H2,1-4H3,(H,33,39). The van der Waals surface area contributed by atoms with Gasteiger partial charge in [-0.05, 0) is 43.4 Å². The van der Waals surface area contributed by atoms with Crippen LogP contribution in [0.25, 0.3) is 0 Å². The molecule has 0 radical (unpaired) electrons. The summed E-state index contributed by atoms with van der Waals surface area (Å²) in [4.78, 5) is 70.3.